The summed E-state index contributed by atoms with van der Waals surface area (Å²) in [6.07, 6.45) is 1.39. The molecule has 1 saturated heterocycles. The fourth-order valence-electron chi connectivity index (χ4n) is 3.80. The lowest BCUT2D eigenvalue weighted by molar-refractivity contribution is 0.0730. The molecule has 0 spiro atoms. The Kier molecular flexibility index (Phi) is 4.95. The number of rotatable bonds is 4. The van der Waals surface area contributed by atoms with Gasteiger partial charge in [0.2, 0.25) is 0 Å². The van der Waals surface area contributed by atoms with Crippen molar-refractivity contribution in [3.8, 4) is 11.1 Å². The minimum Gasteiger partial charge on any atom is -0.457 e. The summed E-state index contributed by atoms with van der Waals surface area (Å²) in [4.78, 5) is 20.4. The number of hydrogen-bond donors (Lipinski definition) is 1. The molecule has 0 radical (unpaired) electrons. The highest BCUT2D eigenvalue weighted by Crippen LogP contribution is 2.53. The number of H-pyrrole nitrogens is 1. The van der Waals surface area contributed by atoms with Crippen molar-refractivity contribution in [3.63, 3.8) is 0 Å². The molecular weight excluding hydrogens is 421 g/mol. The first-order valence-electron chi connectivity index (χ1n) is 9.65. The van der Waals surface area contributed by atoms with Gasteiger partial charge in [-0.05, 0) is 24.6 Å². The third kappa shape index (κ3) is 3.08. The molecule has 4 aromatic rings. The fourth-order valence-corrected chi connectivity index (χ4v) is 8.63. The molecule has 7 nitrogen and oxygen atoms in total. The summed E-state index contributed by atoms with van der Waals surface area (Å²) in [6.45, 7) is 3.86. The van der Waals surface area contributed by atoms with E-state index in [0.717, 1.165) is 5.56 Å². The Balaban J connectivity index is 1.86. The van der Waals surface area contributed by atoms with Crippen molar-refractivity contribution in [3.05, 3.63) is 64.9 Å². The summed E-state index contributed by atoms with van der Waals surface area (Å²) in [5.74, 6) is 0.692. The Morgan fingerprint density at radius 3 is 2.60 bits per heavy atom. The van der Waals surface area contributed by atoms with E-state index in [-0.39, 0.29) is 5.56 Å². The number of benzene rings is 1. The molecule has 4 heterocycles. The number of aryl methyl sites for hydroxylation is 1. The van der Waals surface area contributed by atoms with Crippen LogP contribution in [0.25, 0.3) is 21.3 Å². The van der Waals surface area contributed by atoms with Crippen LogP contribution in [0.4, 0.5) is 0 Å². The van der Waals surface area contributed by atoms with E-state index < -0.39 is 7.29 Å². The van der Waals surface area contributed by atoms with Crippen LogP contribution in [0.3, 0.4) is 0 Å². The molecule has 1 aliphatic heterocycles. The summed E-state index contributed by atoms with van der Waals surface area (Å²) in [7, 11) is -3.36. The number of furan rings is 1. The molecule has 1 aliphatic rings. The molecule has 5 rings (SSSR count). The number of ether oxygens (including phenoxy) is 1. The summed E-state index contributed by atoms with van der Waals surface area (Å²) in [5, 5.41) is 0.459. The van der Waals surface area contributed by atoms with Gasteiger partial charge in [-0.25, -0.2) is 9.65 Å². The van der Waals surface area contributed by atoms with Crippen LogP contribution in [-0.2, 0) is 9.30 Å². The summed E-state index contributed by atoms with van der Waals surface area (Å²) < 4.78 is 28.9. The minimum absolute atomic E-state index is 0.245. The Hall–Kier alpha value is -2.51. The maximum absolute atomic E-state index is 14.9. The lowest BCUT2D eigenvalue weighted by atomic mass is 10.1. The van der Waals surface area contributed by atoms with Gasteiger partial charge in [0.1, 0.15) is 10.6 Å². The lowest BCUT2D eigenvalue weighted by Crippen LogP contribution is -2.39. The van der Waals surface area contributed by atoms with E-state index in [4.69, 9.17) is 9.15 Å². The van der Waals surface area contributed by atoms with Gasteiger partial charge in [-0.1, -0.05) is 30.3 Å². The highest BCUT2D eigenvalue weighted by Gasteiger charge is 2.42. The van der Waals surface area contributed by atoms with Crippen molar-refractivity contribution in [2.45, 2.75) is 6.92 Å². The molecular formula is C21H20N3O4PS. The number of nitrogens with zero attached hydrogens (tertiary/aromatic N) is 2. The maximum atomic E-state index is 14.9. The van der Waals surface area contributed by atoms with Crippen LogP contribution in [0.5, 0.6) is 0 Å². The molecule has 1 unspecified atom stereocenters. The quantitative estimate of drug-likeness (QED) is 0.490. The molecule has 1 N–H and O–H groups in total. The van der Waals surface area contributed by atoms with Gasteiger partial charge in [-0.3, -0.25) is 9.36 Å². The monoisotopic (exact) mass is 441 g/mol. The zero-order valence-electron chi connectivity index (χ0n) is 16.3. The summed E-state index contributed by atoms with van der Waals surface area (Å²) >= 11 is 1.30. The summed E-state index contributed by atoms with van der Waals surface area (Å²) in [6, 6.07) is 13.2. The molecule has 1 fully saturated rings. The maximum Gasteiger partial charge on any atom is 0.260 e. The molecule has 3 aromatic heterocycles. The van der Waals surface area contributed by atoms with Gasteiger partial charge in [0, 0.05) is 18.7 Å². The molecule has 30 heavy (non-hydrogen) atoms. The Morgan fingerprint density at radius 2 is 1.90 bits per heavy atom. The number of morpholine rings is 1. The Bertz CT molecular complexity index is 1300. The molecule has 9 heteroatoms. The van der Waals surface area contributed by atoms with Gasteiger partial charge in [0.25, 0.3) is 12.9 Å². The SMILES string of the molecule is Cc1ccc(P(=O)(c2sc3nc[nH]c(=O)c3c2-c2ccccc2)N2CCOCC2)o1. The van der Waals surface area contributed by atoms with Gasteiger partial charge in [0.05, 0.1) is 29.5 Å². The standard InChI is InChI=1S/C21H20N3O4PS/c1-14-7-8-16(28-14)29(26,24-9-11-27-12-10-24)21-17(15-5-3-2-4-6-15)18-19(25)22-13-23-20(18)30-21/h2-8,13H,9-12H2,1H3,(H,22,23,25). The van der Waals surface area contributed by atoms with Gasteiger partial charge in [-0.2, -0.15) is 0 Å². The van der Waals surface area contributed by atoms with E-state index in [9.17, 15) is 9.36 Å². The van der Waals surface area contributed by atoms with Crippen LogP contribution in [0.2, 0.25) is 0 Å². The van der Waals surface area contributed by atoms with Gasteiger partial charge in [-0.15, -0.1) is 11.3 Å². The van der Waals surface area contributed by atoms with Crippen molar-refractivity contribution in [2.24, 2.45) is 0 Å². The predicted molar refractivity (Wildman–Crippen MR) is 118 cm³/mol. The first-order chi connectivity index (χ1) is 14.6. The number of fused-ring (bicyclic) bond motifs is 1. The second-order valence-corrected chi connectivity index (χ2v) is 11.0. The largest absolute Gasteiger partial charge is 0.457 e. The average molecular weight is 441 g/mol. The van der Waals surface area contributed by atoms with Crippen LogP contribution in [0.1, 0.15) is 5.76 Å². The van der Waals surface area contributed by atoms with E-state index in [1.807, 2.05) is 48.0 Å². The second-order valence-electron chi connectivity index (χ2n) is 7.09. The van der Waals surface area contributed by atoms with Crippen molar-refractivity contribution in [1.29, 1.82) is 0 Å². The molecule has 0 amide bonds. The predicted octanol–water partition coefficient (Wildman–Crippen LogP) is 3.11. The van der Waals surface area contributed by atoms with E-state index >= 15 is 0 Å². The topological polar surface area (TPSA) is 88.4 Å². The molecule has 0 saturated carbocycles. The number of aromatic nitrogens is 2. The molecule has 0 bridgehead atoms. The number of hydrogen-bond acceptors (Lipinski definition) is 6. The first kappa shape index (κ1) is 19.5. The van der Waals surface area contributed by atoms with Crippen molar-refractivity contribution < 1.29 is 13.7 Å². The molecule has 1 aromatic carbocycles. The zero-order valence-corrected chi connectivity index (χ0v) is 18.0. The van der Waals surface area contributed by atoms with Crippen molar-refractivity contribution >= 4 is 39.0 Å². The van der Waals surface area contributed by atoms with Crippen molar-refractivity contribution in [2.75, 3.05) is 26.3 Å². The molecule has 0 aliphatic carbocycles. The van der Waals surface area contributed by atoms with Crippen LogP contribution >= 0.6 is 18.6 Å². The normalized spacial score (nSPS) is 17.2. The number of thiophene rings is 1. The highest BCUT2D eigenvalue weighted by atomic mass is 32.1. The average Bonchev–Trinajstić information content (AvgIpc) is 3.40. The van der Waals surface area contributed by atoms with E-state index in [1.165, 1.54) is 17.7 Å². The Morgan fingerprint density at radius 1 is 1.13 bits per heavy atom. The fraction of sp³-hybridized carbons (Fsp3) is 0.238. The summed E-state index contributed by atoms with van der Waals surface area (Å²) in [5.41, 5.74) is 1.66. The molecule has 154 valence electrons. The van der Waals surface area contributed by atoms with Crippen LogP contribution in [-0.4, -0.2) is 40.9 Å². The van der Waals surface area contributed by atoms with Gasteiger partial charge in [0.15, 0.2) is 5.50 Å². The molecule has 1 atom stereocenters. The number of nitrogens with one attached hydrogen (secondary N) is 1. The lowest BCUT2D eigenvalue weighted by Gasteiger charge is -2.33. The van der Waals surface area contributed by atoms with E-state index in [1.54, 1.807) is 6.07 Å². The van der Waals surface area contributed by atoms with Crippen LogP contribution in [0, 0.1) is 6.92 Å². The van der Waals surface area contributed by atoms with Crippen LogP contribution in [0.15, 0.2) is 58.0 Å². The van der Waals surface area contributed by atoms with E-state index in [0.29, 0.717) is 58.0 Å². The third-order valence-electron chi connectivity index (χ3n) is 5.22. The Labute approximate surface area is 176 Å². The van der Waals surface area contributed by atoms with Crippen molar-refractivity contribution in [1.82, 2.24) is 14.6 Å². The van der Waals surface area contributed by atoms with E-state index in [2.05, 4.69) is 9.97 Å². The highest BCUT2D eigenvalue weighted by molar-refractivity contribution is 7.81. The minimum atomic E-state index is -3.36. The third-order valence-corrected chi connectivity index (χ3v) is 9.95. The second kappa shape index (κ2) is 7.63. The number of aromatic amines is 1. The van der Waals surface area contributed by atoms with Crippen LogP contribution < -0.4 is 15.7 Å². The van der Waals surface area contributed by atoms with Gasteiger partial charge < -0.3 is 14.1 Å². The smallest absolute Gasteiger partial charge is 0.260 e. The van der Waals surface area contributed by atoms with Gasteiger partial charge >= 0.3 is 0 Å². The first-order valence-corrected chi connectivity index (χ1v) is 12.1. The zero-order chi connectivity index (χ0) is 20.7.